The van der Waals surface area contributed by atoms with Crippen molar-refractivity contribution < 1.29 is 14.6 Å². The normalized spacial score (nSPS) is 13.2. The molecule has 2 aliphatic carbocycles. The van der Waals surface area contributed by atoms with Crippen molar-refractivity contribution in [3.63, 3.8) is 0 Å². The van der Waals surface area contributed by atoms with Gasteiger partial charge in [-0.2, -0.15) is 0 Å². The van der Waals surface area contributed by atoms with Crippen LogP contribution < -0.4 is 9.47 Å². The second-order valence-corrected chi connectivity index (χ2v) is 27.4. The summed E-state index contributed by atoms with van der Waals surface area (Å²) in [6.45, 7) is 36.3. The highest BCUT2D eigenvalue weighted by molar-refractivity contribution is 5.27. The van der Waals surface area contributed by atoms with Gasteiger partial charge in [0.2, 0.25) is 0 Å². The van der Waals surface area contributed by atoms with Crippen molar-refractivity contribution in [2.45, 2.75) is 233 Å². The highest BCUT2D eigenvalue weighted by atomic mass is 16.5. The molecule has 0 heterocycles. The van der Waals surface area contributed by atoms with Gasteiger partial charge in [0.05, 0.1) is 20.3 Å². The van der Waals surface area contributed by atoms with Crippen LogP contribution in [0.3, 0.4) is 0 Å². The Bertz CT molecular complexity index is 2970. The van der Waals surface area contributed by atoms with Crippen molar-refractivity contribution in [2.24, 2.45) is 23.2 Å². The van der Waals surface area contributed by atoms with Gasteiger partial charge in [-0.1, -0.05) is 386 Å². The van der Waals surface area contributed by atoms with Crippen LogP contribution in [0.1, 0.15) is 221 Å². The lowest BCUT2D eigenvalue weighted by Gasteiger charge is -2.35. The molecule has 0 aliphatic heterocycles. The first-order chi connectivity index (χ1) is 47.3. The summed E-state index contributed by atoms with van der Waals surface area (Å²) < 4.78 is 10.3. The average molecular weight is 1330 g/mol. The summed E-state index contributed by atoms with van der Waals surface area (Å²) in [6.07, 6.45) is 24.0. The first kappa shape index (κ1) is 88.6. The molecule has 11 rings (SSSR count). The standard InChI is InChI=1S/C11H22.C10H14.2C9H12O.2C9H12.C8H10O.2C8H10.C7H14.C7H8/c1-9-5-7-10(8-6-9)11(2,3)4;1-2-3-7-10-8-5-4-6-9-10;1-2-8-3-5-9(7-10)6-4-8;1-2-8-10-9-6-4-3-5-7-9;1-3-9-6-4-8(2)5-7-9;1-2-6-9-7-4-3-5-8-9;1-7-3-5-8(9-2)6-4-7;1-7-3-5-8(2)6-4-7;1-2-8-6-4-3-5-7-8;2*1-7-5-3-2-4-6-7/h9-10H,5-8H2,1-4H3;4-6,8-9H,2-3,7H2,1H3;3-6,10H,2,7H2,1H3;3-7H,2,8H2,1H3;4-7H,3H2,1-2H3;3-5,7-8H,2,6H2,1H3;3-6H,1-2H3;3-6H,1-2H3;3-7H,2H2,1H3;7H,2-6H2,1H3;2-6H,1H3. The molecule has 2 aliphatic rings. The van der Waals surface area contributed by atoms with Gasteiger partial charge in [-0.05, 0) is 173 Å². The molecule has 3 nitrogen and oxygen atoms in total. The summed E-state index contributed by atoms with van der Waals surface area (Å²) >= 11 is 0. The molecule has 0 bridgehead atoms. The van der Waals surface area contributed by atoms with Crippen LogP contribution in [-0.4, -0.2) is 18.8 Å². The zero-order valence-corrected chi connectivity index (χ0v) is 64.8. The lowest BCUT2D eigenvalue weighted by atomic mass is 9.70. The van der Waals surface area contributed by atoms with Crippen LogP contribution in [0.15, 0.2) is 249 Å². The van der Waals surface area contributed by atoms with E-state index in [2.05, 4.69) is 256 Å². The van der Waals surface area contributed by atoms with E-state index in [1.54, 1.807) is 7.11 Å². The number of rotatable bonds is 13. The maximum absolute atomic E-state index is 8.70. The molecule has 0 unspecified atom stereocenters. The predicted molar refractivity (Wildman–Crippen MR) is 433 cm³/mol. The lowest BCUT2D eigenvalue weighted by molar-refractivity contribution is 0.155. The van der Waals surface area contributed by atoms with Gasteiger partial charge in [-0.3, -0.25) is 0 Å². The van der Waals surface area contributed by atoms with Crippen LogP contribution in [0.2, 0.25) is 0 Å². The van der Waals surface area contributed by atoms with Gasteiger partial charge in [-0.25, -0.2) is 0 Å². The molecular weight excluding hydrogens is 1190 g/mol. The Hall–Kier alpha value is -7.46. The number of aliphatic hydroxyl groups is 1. The van der Waals surface area contributed by atoms with E-state index in [1.807, 2.05) is 103 Å². The smallest absolute Gasteiger partial charge is 0.119 e. The van der Waals surface area contributed by atoms with Gasteiger partial charge < -0.3 is 14.6 Å². The van der Waals surface area contributed by atoms with Crippen molar-refractivity contribution in [3.05, 3.63) is 310 Å². The van der Waals surface area contributed by atoms with Gasteiger partial charge in [0.1, 0.15) is 11.5 Å². The number of benzene rings is 9. The minimum atomic E-state index is 0.143. The fraction of sp³-hybridized carbons (Fsp3) is 0.432. The molecule has 2 fully saturated rings. The number of methoxy groups -OCH3 is 1. The lowest BCUT2D eigenvalue weighted by Crippen LogP contribution is -2.24. The SMILES string of the molecule is CC1CCC(C(C)(C)C)CC1.CC1CCCCC1.CCCCc1ccccc1.CCCOc1ccccc1.CCCc1ccccc1.CCc1ccc(C)cc1.CCc1ccc(CO)cc1.CCc1ccccc1.COc1ccc(C)cc1.Cc1ccc(C)cc1.Cc1ccccc1. The number of para-hydroxylation sites is 1. The predicted octanol–water partition coefficient (Wildman–Crippen LogP) is 27.4. The number of ether oxygens (including phenoxy) is 2. The zero-order valence-electron chi connectivity index (χ0n) is 64.8. The molecule has 0 saturated heterocycles. The summed E-state index contributed by atoms with van der Waals surface area (Å²) in [5.41, 5.74) is 15.2. The Balaban J connectivity index is 0.000000540. The van der Waals surface area contributed by atoms with E-state index in [-0.39, 0.29) is 6.61 Å². The van der Waals surface area contributed by atoms with Crippen LogP contribution in [0.25, 0.3) is 0 Å². The topological polar surface area (TPSA) is 38.7 Å². The van der Waals surface area contributed by atoms with Gasteiger partial charge in [0.25, 0.3) is 0 Å². The largest absolute Gasteiger partial charge is 0.497 e. The summed E-state index contributed by atoms with van der Waals surface area (Å²) in [6, 6.07) is 84.9. The van der Waals surface area contributed by atoms with Crippen molar-refractivity contribution >= 4 is 0 Å². The van der Waals surface area contributed by atoms with Crippen LogP contribution in [0.5, 0.6) is 11.5 Å². The summed E-state index contributed by atoms with van der Waals surface area (Å²) in [7, 11) is 1.67. The quantitative estimate of drug-likeness (QED) is 0.125. The maximum Gasteiger partial charge on any atom is 0.119 e. The number of hydrogen-bond donors (Lipinski definition) is 1. The summed E-state index contributed by atoms with van der Waals surface area (Å²) in [5.74, 6) is 4.89. The molecule has 0 aromatic heterocycles. The number of hydrogen-bond acceptors (Lipinski definition) is 3. The van der Waals surface area contributed by atoms with Crippen LogP contribution in [-0.2, 0) is 38.7 Å². The third-order valence-corrected chi connectivity index (χ3v) is 17.2. The minimum Gasteiger partial charge on any atom is -0.497 e. The molecule has 3 heteroatoms. The number of aliphatic hydroxyl groups excluding tert-OH is 1. The Morgan fingerprint density at radius 1 is 0.337 bits per heavy atom. The first-order valence-corrected chi connectivity index (χ1v) is 37.5. The Morgan fingerprint density at radius 2 is 0.673 bits per heavy atom. The third-order valence-electron chi connectivity index (χ3n) is 17.2. The molecule has 9 aromatic carbocycles. The van der Waals surface area contributed by atoms with Gasteiger partial charge in [-0.15, -0.1) is 0 Å². The first-order valence-electron chi connectivity index (χ1n) is 37.5. The second-order valence-electron chi connectivity index (χ2n) is 27.4. The molecule has 1 N–H and O–H groups in total. The van der Waals surface area contributed by atoms with Crippen LogP contribution >= 0.6 is 0 Å². The maximum atomic E-state index is 8.70. The Kier molecular flexibility index (Phi) is 52.9. The van der Waals surface area contributed by atoms with Crippen LogP contribution in [0.4, 0.5) is 0 Å². The van der Waals surface area contributed by atoms with E-state index in [4.69, 9.17) is 14.6 Å². The van der Waals surface area contributed by atoms with E-state index >= 15 is 0 Å². The summed E-state index contributed by atoms with van der Waals surface area (Å²) in [4.78, 5) is 0. The molecular formula is C95H136O3. The summed E-state index contributed by atoms with van der Waals surface area (Å²) in [5, 5.41) is 8.70. The van der Waals surface area contributed by atoms with E-state index < -0.39 is 0 Å². The molecule has 534 valence electrons. The minimum absolute atomic E-state index is 0.143. The van der Waals surface area contributed by atoms with E-state index in [0.717, 1.165) is 67.1 Å². The highest BCUT2D eigenvalue weighted by Gasteiger charge is 2.28. The van der Waals surface area contributed by atoms with Gasteiger partial charge in [0.15, 0.2) is 0 Å². The Labute approximate surface area is 602 Å². The molecule has 0 atom stereocenters. The van der Waals surface area contributed by atoms with Crippen molar-refractivity contribution in [1.29, 1.82) is 0 Å². The zero-order chi connectivity index (χ0) is 72.3. The highest BCUT2D eigenvalue weighted by Crippen LogP contribution is 2.39. The molecule has 0 amide bonds. The molecule has 0 spiro atoms. The van der Waals surface area contributed by atoms with E-state index in [1.165, 1.54) is 146 Å². The molecule has 2 saturated carbocycles. The fourth-order valence-electron chi connectivity index (χ4n) is 10.4. The molecule has 9 aromatic rings. The van der Waals surface area contributed by atoms with Gasteiger partial charge in [0, 0.05) is 0 Å². The van der Waals surface area contributed by atoms with Crippen LogP contribution in [0, 0.1) is 57.8 Å². The van der Waals surface area contributed by atoms with E-state index in [9.17, 15) is 0 Å². The number of aryl methyl sites for hydroxylation is 10. The van der Waals surface area contributed by atoms with Crippen molar-refractivity contribution in [3.8, 4) is 11.5 Å². The third kappa shape index (κ3) is 49.1. The average Bonchev–Trinajstić information content (AvgIpc) is 1.01. The number of unbranched alkanes of at least 4 members (excludes halogenated alkanes) is 1. The Morgan fingerprint density at radius 3 is 1.00 bits per heavy atom. The monoisotopic (exact) mass is 1330 g/mol. The molecule has 98 heavy (non-hydrogen) atoms. The van der Waals surface area contributed by atoms with Crippen molar-refractivity contribution in [2.75, 3.05) is 13.7 Å². The fourth-order valence-corrected chi connectivity index (χ4v) is 10.4. The van der Waals surface area contributed by atoms with E-state index in [0.29, 0.717) is 5.41 Å². The molecule has 0 radical (unpaired) electrons. The van der Waals surface area contributed by atoms with Crippen molar-refractivity contribution in [1.82, 2.24) is 0 Å². The second kappa shape index (κ2) is 58.5. The van der Waals surface area contributed by atoms with Gasteiger partial charge >= 0.3 is 0 Å².